The normalized spacial score (nSPS) is 9.29. The van der Waals surface area contributed by atoms with E-state index in [0.717, 1.165) is 5.56 Å². The fourth-order valence-corrected chi connectivity index (χ4v) is 1.09. The van der Waals surface area contributed by atoms with E-state index in [9.17, 15) is 0 Å². The molecule has 2 nitrogen and oxygen atoms in total. The summed E-state index contributed by atoms with van der Waals surface area (Å²) in [5.74, 6) is 0.584. The zero-order chi connectivity index (χ0) is 10.2. The van der Waals surface area contributed by atoms with Gasteiger partial charge in [0.25, 0.3) is 5.95 Å². The third-order valence-electron chi connectivity index (χ3n) is 1.66. The Morgan fingerprint density at radius 3 is 2.14 bits per heavy atom. The fraction of sp³-hybridized carbons (Fsp3) is 0.333. The lowest BCUT2D eigenvalue weighted by Crippen LogP contribution is -1.97. The molecule has 0 aliphatic heterocycles. The SMILES string of the molecule is CCOC(=Cc1ccccc1)OCC. The van der Waals surface area contributed by atoms with Crippen LogP contribution in [0.1, 0.15) is 19.4 Å². The maximum atomic E-state index is 5.33. The van der Waals surface area contributed by atoms with Crippen molar-refractivity contribution < 1.29 is 9.47 Å². The Balaban J connectivity index is 2.71. The van der Waals surface area contributed by atoms with E-state index in [1.165, 1.54) is 0 Å². The summed E-state index contributed by atoms with van der Waals surface area (Å²) in [6, 6.07) is 9.98. The van der Waals surface area contributed by atoms with Crippen LogP contribution in [0.3, 0.4) is 0 Å². The van der Waals surface area contributed by atoms with Gasteiger partial charge in [-0.25, -0.2) is 0 Å². The number of benzene rings is 1. The third-order valence-corrected chi connectivity index (χ3v) is 1.66. The highest BCUT2D eigenvalue weighted by Crippen LogP contribution is 2.08. The zero-order valence-electron chi connectivity index (χ0n) is 8.69. The molecule has 0 unspecified atom stereocenters. The van der Waals surface area contributed by atoms with Gasteiger partial charge in [-0.2, -0.15) is 0 Å². The summed E-state index contributed by atoms with van der Waals surface area (Å²) in [6.45, 7) is 5.13. The first-order valence-electron chi connectivity index (χ1n) is 4.89. The molecule has 0 atom stereocenters. The minimum absolute atomic E-state index is 0.584. The van der Waals surface area contributed by atoms with E-state index in [2.05, 4.69) is 0 Å². The quantitative estimate of drug-likeness (QED) is 0.667. The predicted octanol–water partition coefficient (Wildman–Crippen LogP) is 3.06. The van der Waals surface area contributed by atoms with Gasteiger partial charge in [0.15, 0.2) is 0 Å². The lowest BCUT2D eigenvalue weighted by Gasteiger charge is -2.08. The Morgan fingerprint density at radius 2 is 1.64 bits per heavy atom. The van der Waals surface area contributed by atoms with Crippen molar-refractivity contribution in [3.8, 4) is 0 Å². The van der Waals surface area contributed by atoms with Gasteiger partial charge < -0.3 is 9.47 Å². The van der Waals surface area contributed by atoms with Gasteiger partial charge in [0.1, 0.15) is 0 Å². The molecule has 0 N–H and O–H groups in total. The molecule has 0 aliphatic carbocycles. The zero-order valence-corrected chi connectivity index (χ0v) is 8.69. The van der Waals surface area contributed by atoms with Gasteiger partial charge in [0.2, 0.25) is 0 Å². The summed E-state index contributed by atoms with van der Waals surface area (Å²) in [6.07, 6.45) is 1.90. The predicted molar refractivity (Wildman–Crippen MR) is 57.7 cm³/mol. The molecule has 1 aromatic carbocycles. The van der Waals surface area contributed by atoms with E-state index in [-0.39, 0.29) is 0 Å². The Bertz CT molecular complexity index is 270. The topological polar surface area (TPSA) is 18.5 Å². The Morgan fingerprint density at radius 1 is 1.07 bits per heavy atom. The summed E-state index contributed by atoms with van der Waals surface area (Å²) < 4.78 is 10.7. The van der Waals surface area contributed by atoms with E-state index in [1.807, 2.05) is 50.3 Å². The second-order valence-electron chi connectivity index (χ2n) is 2.74. The van der Waals surface area contributed by atoms with Gasteiger partial charge in [0.05, 0.1) is 13.2 Å². The van der Waals surface area contributed by atoms with E-state index < -0.39 is 0 Å². The monoisotopic (exact) mass is 192 g/mol. The third kappa shape index (κ3) is 3.52. The first kappa shape index (κ1) is 10.6. The average molecular weight is 192 g/mol. The molecule has 0 spiro atoms. The summed E-state index contributed by atoms with van der Waals surface area (Å²) in [5.41, 5.74) is 1.09. The van der Waals surface area contributed by atoms with Crippen LogP contribution in [0.2, 0.25) is 0 Å². The lowest BCUT2D eigenvalue weighted by molar-refractivity contribution is 0.0508. The van der Waals surface area contributed by atoms with Crippen LogP contribution in [0, 0.1) is 0 Å². The Labute approximate surface area is 85.2 Å². The highest BCUT2D eigenvalue weighted by atomic mass is 16.7. The summed E-state index contributed by atoms with van der Waals surface area (Å²) in [5, 5.41) is 0. The standard InChI is InChI=1S/C12H16O2/c1-3-13-12(14-4-2)10-11-8-6-5-7-9-11/h5-10H,3-4H2,1-2H3. The summed E-state index contributed by atoms with van der Waals surface area (Å²) in [4.78, 5) is 0. The largest absolute Gasteiger partial charge is 0.466 e. The van der Waals surface area contributed by atoms with Crippen LogP contribution in [0.4, 0.5) is 0 Å². The molecule has 0 bridgehead atoms. The van der Waals surface area contributed by atoms with Crippen LogP contribution in [0.15, 0.2) is 36.3 Å². The van der Waals surface area contributed by atoms with Crippen LogP contribution in [0.5, 0.6) is 0 Å². The molecule has 76 valence electrons. The van der Waals surface area contributed by atoms with E-state index in [4.69, 9.17) is 9.47 Å². The van der Waals surface area contributed by atoms with E-state index in [0.29, 0.717) is 19.2 Å². The first-order valence-corrected chi connectivity index (χ1v) is 4.89. The number of hydrogen-bond donors (Lipinski definition) is 0. The molecule has 0 amide bonds. The van der Waals surface area contributed by atoms with Gasteiger partial charge in [-0.15, -0.1) is 0 Å². The second-order valence-corrected chi connectivity index (χ2v) is 2.74. The molecule has 1 aromatic rings. The van der Waals surface area contributed by atoms with Crippen molar-refractivity contribution in [1.29, 1.82) is 0 Å². The van der Waals surface area contributed by atoms with Gasteiger partial charge in [-0.3, -0.25) is 0 Å². The summed E-state index contributed by atoms with van der Waals surface area (Å²) in [7, 11) is 0. The number of ether oxygens (including phenoxy) is 2. The van der Waals surface area contributed by atoms with Gasteiger partial charge in [-0.1, -0.05) is 30.3 Å². The molecular formula is C12H16O2. The molecule has 1 rings (SSSR count). The maximum absolute atomic E-state index is 5.33. The van der Waals surface area contributed by atoms with Crippen LogP contribution in [0.25, 0.3) is 6.08 Å². The molecule has 14 heavy (non-hydrogen) atoms. The first-order chi connectivity index (χ1) is 6.86. The van der Waals surface area contributed by atoms with E-state index in [1.54, 1.807) is 0 Å². The van der Waals surface area contributed by atoms with E-state index >= 15 is 0 Å². The van der Waals surface area contributed by atoms with Crippen molar-refractivity contribution >= 4 is 6.08 Å². The molecule has 0 saturated carbocycles. The number of hydrogen-bond acceptors (Lipinski definition) is 2. The highest BCUT2D eigenvalue weighted by molar-refractivity contribution is 5.49. The maximum Gasteiger partial charge on any atom is 0.279 e. The molecule has 0 aromatic heterocycles. The van der Waals surface area contributed by atoms with Crippen molar-refractivity contribution in [2.75, 3.05) is 13.2 Å². The Hall–Kier alpha value is -1.44. The molecule has 0 radical (unpaired) electrons. The van der Waals surface area contributed by atoms with Crippen LogP contribution in [-0.2, 0) is 9.47 Å². The molecular weight excluding hydrogens is 176 g/mol. The lowest BCUT2D eigenvalue weighted by atomic mass is 10.2. The van der Waals surface area contributed by atoms with Crippen molar-refractivity contribution in [3.05, 3.63) is 41.8 Å². The minimum Gasteiger partial charge on any atom is -0.466 e. The molecule has 0 fully saturated rings. The van der Waals surface area contributed by atoms with Crippen molar-refractivity contribution in [3.63, 3.8) is 0 Å². The van der Waals surface area contributed by atoms with Gasteiger partial charge in [-0.05, 0) is 19.4 Å². The average Bonchev–Trinajstić information content (AvgIpc) is 2.20. The Kier molecular flexibility index (Phi) is 4.62. The smallest absolute Gasteiger partial charge is 0.279 e. The molecule has 0 aliphatic rings. The summed E-state index contributed by atoms with van der Waals surface area (Å²) >= 11 is 0. The van der Waals surface area contributed by atoms with Crippen LogP contribution < -0.4 is 0 Å². The molecule has 2 heteroatoms. The minimum atomic E-state index is 0.584. The van der Waals surface area contributed by atoms with Crippen LogP contribution >= 0.6 is 0 Å². The van der Waals surface area contributed by atoms with Crippen molar-refractivity contribution in [1.82, 2.24) is 0 Å². The number of rotatable bonds is 5. The molecule has 0 heterocycles. The van der Waals surface area contributed by atoms with Crippen LogP contribution in [-0.4, -0.2) is 13.2 Å². The fourth-order valence-electron chi connectivity index (χ4n) is 1.09. The second kappa shape index (κ2) is 6.08. The molecule has 0 saturated heterocycles. The van der Waals surface area contributed by atoms with Crippen molar-refractivity contribution in [2.24, 2.45) is 0 Å². The van der Waals surface area contributed by atoms with Gasteiger partial charge >= 0.3 is 0 Å². The highest BCUT2D eigenvalue weighted by Gasteiger charge is 1.96. The van der Waals surface area contributed by atoms with Crippen molar-refractivity contribution in [2.45, 2.75) is 13.8 Å². The van der Waals surface area contributed by atoms with Gasteiger partial charge in [0, 0.05) is 6.08 Å².